The number of imidazole rings is 1. The topological polar surface area (TPSA) is 69.3 Å². The quantitative estimate of drug-likeness (QED) is 0.932. The zero-order chi connectivity index (χ0) is 15.7. The van der Waals surface area contributed by atoms with Crippen LogP contribution in [0.5, 0.6) is 0 Å². The first kappa shape index (κ1) is 15.3. The number of nitrogens with one attached hydrogen (secondary N) is 1. The molecule has 1 aromatic heterocycles. The van der Waals surface area contributed by atoms with Gasteiger partial charge < -0.3 is 9.88 Å². The number of para-hydroxylation sites is 2. The van der Waals surface area contributed by atoms with Gasteiger partial charge in [0.2, 0.25) is 16.0 Å². The first-order valence-corrected chi connectivity index (χ1v) is 9.50. The van der Waals surface area contributed by atoms with Crippen molar-refractivity contribution < 1.29 is 8.42 Å². The molecule has 0 spiro atoms. The first-order chi connectivity index (χ1) is 10.5. The summed E-state index contributed by atoms with van der Waals surface area (Å²) >= 11 is 0. The number of anilines is 1. The molecule has 2 heterocycles. The highest BCUT2D eigenvalue weighted by atomic mass is 32.2. The third-order valence-electron chi connectivity index (χ3n) is 4.29. The van der Waals surface area contributed by atoms with Gasteiger partial charge in [-0.25, -0.2) is 13.4 Å². The highest BCUT2D eigenvalue weighted by Crippen LogP contribution is 2.23. The van der Waals surface area contributed by atoms with Crippen molar-refractivity contribution in [3.05, 3.63) is 24.3 Å². The van der Waals surface area contributed by atoms with Gasteiger partial charge in [0.15, 0.2) is 0 Å². The third kappa shape index (κ3) is 2.96. The maximum Gasteiger partial charge on any atom is 0.211 e. The fourth-order valence-electron chi connectivity index (χ4n) is 3.22. The van der Waals surface area contributed by atoms with Crippen molar-refractivity contribution in [3.8, 4) is 0 Å². The van der Waals surface area contributed by atoms with E-state index in [2.05, 4.69) is 14.9 Å². The molecule has 1 aliphatic heterocycles. The number of aromatic amines is 1. The number of fused-ring (bicyclic) bond motifs is 1. The molecule has 7 heteroatoms. The molecule has 22 heavy (non-hydrogen) atoms. The third-order valence-corrected chi connectivity index (χ3v) is 5.69. The van der Waals surface area contributed by atoms with Gasteiger partial charge in [0.25, 0.3) is 0 Å². The van der Waals surface area contributed by atoms with Crippen LogP contribution < -0.4 is 4.90 Å². The minimum atomic E-state index is -3.13. The average molecular weight is 322 g/mol. The second kappa shape index (κ2) is 5.89. The molecule has 3 rings (SSSR count). The lowest BCUT2D eigenvalue weighted by Crippen LogP contribution is -2.47. The highest BCUT2D eigenvalue weighted by molar-refractivity contribution is 7.88. The Balaban J connectivity index is 1.71. The Morgan fingerprint density at radius 1 is 1.32 bits per heavy atom. The molecule has 0 amide bonds. The van der Waals surface area contributed by atoms with Gasteiger partial charge in [-0.05, 0) is 25.0 Å². The van der Waals surface area contributed by atoms with Crippen molar-refractivity contribution in [1.82, 2.24) is 14.3 Å². The Morgan fingerprint density at radius 3 is 2.59 bits per heavy atom. The summed E-state index contributed by atoms with van der Waals surface area (Å²) in [5.74, 6) is 0.877. The summed E-state index contributed by atoms with van der Waals surface area (Å²) in [6.07, 6.45) is 2.96. The number of hydrogen-bond donors (Lipinski definition) is 1. The molecule has 0 unspecified atom stereocenters. The average Bonchev–Trinajstić information content (AvgIpc) is 2.91. The number of hydrogen-bond acceptors (Lipinski definition) is 4. The first-order valence-electron chi connectivity index (χ1n) is 7.65. The molecule has 1 saturated heterocycles. The number of sulfonamides is 1. The van der Waals surface area contributed by atoms with Gasteiger partial charge in [-0.3, -0.25) is 0 Å². The molecular weight excluding hydrogens is 300 g/mol. The Bertz CT molecular complexity index is 715. The van der Waals surface area contributed by atoms with Crippen molar-refractivity contribution in [2.45, 2.75) is 25.8 Å². The Hall–Kier alpha value is -1.60. The van der Waals surface area contributed by atoms with Gasteiger partial charge in [-0.1, -0.05) is 19.1 Å². The molecular formula is C15H22N4O2S. The van der Waals surface area contributed by atoms with Crippen LogP contribution in [0.4, 0.5) is 5.95 Å². The maximum atomic E-state index is 11.8. The van der Waals surface area contributed by atoms with Crippen molar-refractivity contribution >= 4 is 27.0 Å². The van der Waals surface area contributed by atoms with E-state index in [1.807, 2.05) is 31.2 Å². The van der Waals surface area contributed by atoms with Crippen LogP contribution in [0.2, 0.25) is 0 Å². The van der Waals surface area contributed by atoms with Gasteiger partial charge >= 0.3 is 0 Å². The molecule has 1 aliphatic rings. The second-order valence-electron chi connectivity index (χ2n) is 5.76. The maximum absolute atomic E-state index is 11.8. The summed E-state index contributed by atoms with van der Waals surface area (Å²) in [7, 11) is -3.13. The van der Waals surface area contributed by atoms with E-state index in [1.165, 1.54) is 6.26 Å². The van der Waals surface area contributed by atoms with Crippen molar-refractivity contribution in [1.29, 1.82) is 0 Å². The lowest BCUT2D eigenvalue weighted by molar-refractivity contribution is 0.285. The Morgan fingerprint density at radius 2 is 2.00 bits per heavy atom. The molecule has 0 bridgehead atoms. The van der Waals surface area contributed by atoms with Crippen molar-refractivity contribution in [2.24, 2.45) is 0 Å². The number of H-pyrrole nitrogens is 1. The molecule has 2 aromatic rings. The van der Waals surface area contributed by atoms with E-state index in [-0.39, 0.29) is 6.04 Å². The van der Waals surface area contributed by atoms with Crippen LogP contribution in [-0.4, -0.2) is 54.6 Å². The van der Waals surface area contributed by atoms with Gasteiger partial charge in [0.05, 0.1) is 17.3 Å². The van der Waals surface area contributed by atoms with E-state index in [0.717, 1.165) is 42.9 Å². The van der Waals surface area contributed by atoms with E-state index < -0.39 is 10.0 Å². The van der Waals surface area contributed by atoms with Gasteiger partial charge in [-0.15, -0.1) is 0 Å². The van der Waals surface area contributed by atoms with Crippen LogP contribution >= 0.6 is 0 Å². The number of piperidine rings is 1. The molecule has 120 valence electrons. The van der Waals surface area contributed by atoms with Gasteiger partial charge in [0.1, 0.15) is 0 Å². The highest BCUT2D eigenvalue weighted by Gasteiger charge is 2.29. The van der Waals surface area contributed by atoms with E-state index in [0.29, 0.717) is 6.54 Å². The Kier molecular flexibility index (Phi) is 4.10. The summed E-state index contributed by atoms with van der Waals surface area (Å²) in [6.45, 7) is 4.06. The Labute approximate surface area is 131 Å². The number of rotatable bonds is 4. The number of aromatic nitrogens is 2. The summed E-state index contributed by atoms with van der Waals surface area (Å²) in [5, 5.41) is 0. The summed E-state index contributed by atoms with van der Waals surface area (Å²) in [5.41, 5.74) is 2.00. The molecule has 0 saturated carbocycles. The van der Waals surface area contributed by atoms with Crippen molar-refractivity contribution in [3.63, 3.8) is 0 Å². The molecule has 1 fully saturated rings. The van der Waals surface area contributed by atoms with Crippen LogP contribution in [-0.2, 0) is 10.0 Å². The number of nitrogens with zero attached hydrogens (tertiary/aromatic N) is 3. The lowest BCUT2D eigenvalue weighted by atomic mass is 10.1. The fourth-order valence-corrected chi connectivity index (χ4v) is 4.44. The van der Waals surface area contributed by atoms with Crippen molar-refractivity contribution in [2.75, 3.05) is 30.8 Å². The van der Waals surface area contributed by atoms with E-state index in [4.69, 9.17) is 0 Å². The normalized spacial score (nSPS) is 17.5. The smallest absolute Gasteiger partial charge is 0.211 e. The van der Waals surface area contributed by atoms with Crippen LogP contribution in [0.1, 0.15) is 19.8 Å². The predicted molar refractivity (Wildman–Crippen MR) is 88.6 cm³/mol. The minimum absolute atomic E-state index is 0.0978. The van der Waals surface area contributed by atoms with Crippen LogP contribution in [0.15, 0.2) is 24.3 Å². The monoisotopic (exact) mass is 322 g/mol. The summed E-state index contributed by atoms with van der Waals surface area (Å²) in [4.78, 5) is 10.2. The standard InChI is InChI=1S/C15H22N4O2S/c1-3-19(22(2,20)21)12-8-10-18(11-9-12)15-16-13-6-4-5-7-14(13)17-15/h4-7,12H,3,8-11H2,1-2H3,(H,16,17). The van der Waals surface area contributed by atoms with Gasteiger partial charge in [-0.2, -0.15) is 4.31 Å². The van der Waals surface area contributed by atoms with Gasteiger partial charge in [0, 0.05) is 25.7 Å². The second-order valence-corrected chi connectivity index (χ2v) is 7.70. The zero-order valence-corrected chi connectivity index (χ0v) is 13.8. The molecule has 6 nitrogen and oxygen atoms in total. The summed E-state index contributed by atoms with van der Waals surface area (Å²) in [6, 6.07) is 8.07. The van der Waals surface area contributed by atoms with Crippen LogP contribution in [0.25, 0.3) is 11.0 Å². The minimum Gasteiger partial charge on any atom is -0.342 e. The number of benzene rings is 1. The zero-order valence-electron chi connectivity index (χ0n) is 13.0. The predicted octanol–water partition coefficient (Wildman–Crippen LogP) is 1.81. The molecule has 1 N–H and O–H groups in total. The largest absolute Gasteiger partial charge is 0.342 e. The molecule has 1 aromatic carbocycles. The lowest BCUT2D eigenvalue weighted by Gasteiger charge is -2.36. The molecule has 0 radical (unpaired) electrons. The summed E-state index contributed by atoms with van der Waals surface area (Å²) < 4.78 is 25.3. The van der Waals surface area contributed by atoms with E-state index in [1.54, 1.807) is 4.31 Å². The van der Waals surface area contributed by atoms with E-state index in [9.17, 15) is 8.42 Å². The van der Waals surface area contributed by atoms with Crippen LogP contribution in [0, 0.1) is 0 Å². The fraction of sp³-hybridized carbons (Fsp3) is 0.533. The van der Waals surface area contributed by atoms with E-state index >= 15 is 0 Å². The molecule has 0 atom stereocenters. The SMILES string of the molecule is CCN(C1CCN(c2nc3ccccc3[nH]2)CC1)S(C)(=O)=O. The van der Waals surface area contributed by atoms with Crippen LogP contribution in [0.3, 0.4) is 0 Å². The molecule has 0 aliphatic carbocycles.